The molecule has 0 bridgehead atoms. The van der Waals surface area contributed by atoms with E-state index in [0.29, 0.717) is 5.75 Å². The van der Waals surface area contributed by atoms with Crippen LogP contribution in [0.1, 0.15) is 0 Å². The lowest BCUT2D eigenvalue weighted by molar-refractivity contribution is 0.414. The molecule has 0 saturated heterocycles. The normalized spacial score (nSPS) is 11.1. The first-order chi connectivity index (χ1) is 9.44. The topological polar surface area (TPSA) is 81.4 Å². The quantitative estimate of drug-likeness (QED) is 0.848. The Bertz CT molecular complexity index is 732. The molecule has 106 valence electrons. The monoisotopic (exact) mass is 296 g/mol. The zero-order chi connectivity index (χ0) is 14.8. The molecule has 0 amide bonds. The zero-order valence-electron chi connectivity index (χ0n) is 10.6. The molecule has 0 aliphatic heterocycles. The number of nitrogens with one attached hydrogen (secondary N) is 1. The third-order valence-electron chi connectivity index (χ3n) is 2.63. The van der Waals surface area contributed by atoms with Gasteiger partial charge in [-0.1, -0.05) is 12.1 Å². The summed E-state index contributed by atoms with van der Waals surface area (Å²) in [5.74, 6) is -0.367. The summed E-state index contributed by atoms with van der Waals surface area (Å²) >= 11 is 0. The molecule has 2 aromatic carbocycles. The van der Waals surface area contributed by atoms with E-state index in [9.17, 15) is 12.8 Å². The van der Waals surface area contributed by atoms with E-state index in [1.165, 1.54) is 37.4 Å². The predicted molar refractivity (Wildman–Crippen MR) is 74.6 cm³/mol. The minimum atomic E-state index is -3.96. The number of halogens is 1. The number of para-hydroxylation sites is 1. The van der Waals surface area contributed by atoms with Gasteiger partial charge in [-0.2, -0.15) is 0 Å². The summed E-state index contributed by atoms with van der Waals surface area (Å²) in [6, 6.07) is 9.71. The van der Waals surface area contributed by atoms with Gasteiger partial charge in [0.05, 0.1) is 18.5 Å². The fraction of sp³-hybridized carbons (Fsp3) is 0.0769. The van der Waals surface area contributed by atoms with Crippen molar-refractivity contribution in [2.24, 2.45) is 0 Å². The van der Waals surface area contributed by atoms with Gasteiger partial charge in [0.25, 0.3) is 10.0 Å². The molecule has 0 fully saturated rings. The number of ether oxygens (including phenoxy) is 1. The van der Waals surface area contributed by atoms with E-state index in [1.807, 2.05) is 0 Å². The van der Waals surface area contributed by atoms with Crippen molar-refractivity contribution in [1.29, 1.82) is 0 Å². The lowest BCUT2D eigenvalue weighted by Gasteiger charge is -2.11. The highest BCUT2D eigenvalue weighted by atomic mass is 32.2. The van der Waals surface area contributed by atoms with E-state index in [2.05, 4.69) is 4.72 Å². The average molecular weight is 296 g/mol. The first kappa shape index (κ1) is 14.1. The molecule has 0 saturated carbocycles. The van der Waals surface area contributed by atoms with Crippen molar-refractivity contribution in [3.05, 3.63) is 48.3 Å². The number of anilines is 2. The Hall–Kier alpha value is -2.28. The van der Waals surface area contributed by atoms with Gasteiger partial charge in [-0.15, -0.1) is 0 Å². The largest absolute Gasteiger partial charge is 0.497 e. The maximum absolute atomic E-state index is 13.6. The van der Waals surface area contributed by atoms with Gasteiger partial charge in [-0.05, 0) is 24.3 Å². The molecule has 3 N–H and O–H groups in total. The third-order valence-corrected chi connectivity index (χ3v) is 4.07. The van der Waals surface area contributed by atoms with Gasteiger partial charge >= 0.3 is 0 Å². The van der Waals surface area contributed by atoms with Crippen molar-refractivity contribution in [3.63, 3.8) is 0 Å². The first-order valence-electron chi connectivity index (χ1n) is 5.65. The van der Waals surface area contributed by atoms with E-state index >= 15 is 0 Å². The molecule has 0 heterocycles. The fourth-order valence-electron chi connectivity index (χ4n) is 1.63. The summed E-state index contributed by atoms with van der Waals surface area (Å²) in [7, 11) is -2.56. The maximum atomic E-state index is 13.6. The standard InChI is InChI=1S/C13H13FN2O3S/c1-19-9-6-7-10(14)12(8-9)16-20(17,18)13-5-3-2-4-11(13)15/h2-8,16H,15H2,1H3. The average Bonchev–Trinajstić information content (AvgIpc) is 2.41. The second-order valence-corrected chi connectivity index (χ2v) is 5.64. The molecule has 0 unspecified atom stereocenters. The van der Waals surface area contributed by atoms with Crippen molar-refractivity contribution >= 4 is 21.4 Å². The molecule has 7 heteroatoms. The van der Waals surface area contributed by atoms with Gasteiger partial charge in [0.1, 0.15) is 16.5 Å². The van der Waals surface area contributed by atoms with Crippen LogP contribution in [0.5, 0.6) is 5.75 Å². The van der Waals surface area contributed by atoms with Gasteiger partial charge in [-0.3, -0.25) is 4.72 Å². The van der Waals surface area contributed by atoms with Gasteiger partial charge in [0.2, 0.25) is 0 Å². The van der Waals surface area contributed by atoms with Crippen molar-refractivity contribution in [3.8, 4) is 5.75 Å². The predicted octanol–water partition coefficient (Wildman–Crippen LogP) is 2.22. The van der Waals surface area contributed by atoms with E-state index in [4.69, 9.17) is 10.5 Å². The molecule has 0 aromatic heterocycles. The highest BCUT2D eigenvalue weighted by molar-refractivity contribution is 7.92. The molecule has 0 spiro atoms. The number of methoxy groups -OCH3 is 1. The number of rotatable bonds is 4. The van der Waals surface area contributed by atoms with Crippen LogP contribution in [0.2, 0.25) is 0 Å². The summed E-state index contributed by atoms with van der Waals surface area (Å²) in [6.45, 7) is 0. The minimum Gasteiger partial charge on any atom is -0.497 e. The SMILES string of the molecule is COc1ccc(F)c(NS(=O)(=O)c2ccccc2N)c1. The van der Waals surface area contributed by atoms with E-state index in [0.717, 1.165) is 6.07 Å². The molecule has 0 aliphatic carbocycles. The molecular weight excluding hydrogens is 283 g/mol. The van der Waals surface area contributed by atoms with Crippen molar-refractivity contribution in [2.75, 3.05) is 17.6 Å². The van der Waals surface area contributed by atoms with Crippen molar-refractivity contribution < 1.29 is 17.5 Å². The van der Waals surface area contributed by atoms with Crippen LogP contribution in [0.15, 0.2) is 47.4 Å². The van der Waals surface area contributed by atoms with Gasteiger partial charge in [-0.25, -0.2) is 12.8 Å². The lowest BCUT2D eigenvalue weighted by atomic mass is 10.3. The summed E-state index contributed by atoms with van der Waals surface area (Å²) in [5.41, 5.74) is 5.50. The molecular formula is C13H13FN2O3S. The number of hydrogen-bond donors (Lipinski definition) is 2. The fourth-order valence-corrected chi connectivity index (χ4v) is 2.83. The number of hydrogen-bond acceptors (Lipinski definition) is 4. The van der Waals surface area contributed by atoms with Crippen LogP contribution in [0.4, 0.5) is 15.8 Å². The molecule has 20 heavy (non-hydrogen) atoms. The summed E-state index contributed by atoms with van der Waals surface area (Å²) in [4.78, 5) is -0.109. The first-order valence-corrected chi connectivity index (χ1v) is 7.13. The Morgan fingerprint density at radius 1 is 1.20 bits per heavy atom. The summed E-state index contributed by atoms with van der Waals surface area (Å²) in [5, 5.41) is 0. The molecule has 0 radical (unpaired) electrons. The Labute approximate surface area is 116 Å². The molecule has 5 nitrogen and oxygen atoms in total. The molecule has 0 atom stereocenters. The second kappa shape index (κ2) is 5.38. The van der Waals surface area contributed by atoms with E-state index in [-0.39, 0.29) is 16.3 Å². The Balaban J connectivity index is 2.41. The Kier molecular flexibility index (Phi) is 3.80. The van der Waals surface area contributed by atoms with Gasteiger partial charge < -0.3 is 10.5 Å². The Morgan fingerprint density at radius 2 is 1.90 bits per heavy atom. The molecule has 0 aliphatic rings. The van der Waals surface area contributed by atoms with Gasteiger partial charge in [0, 0.05) is 6.07 Å². The molecule has 2 rings (SSSR count). The van der Waals surface area contributed by atoms with E-state index in [1.54, 1.807) is 6.07 Å². The molecule has 2 aromatic rings. The zero-order valence-corrected chi connectivity index (χ0v) is 11.4. The number of nitrogens with two attached hydrogens (primary N) is 1. The number of sulfonamides is 1. The van der Waals surface area contributed by atoms with Crippen LogP contribution < -0.4 is 15.2 Å². The van der Waals surface area contributed by atoms with Crippen LogP contribution in [0.3, 0.4) is 0 Å². The summed E-state index contributed by atoms with van der Waals surface area (Å²) in [6.07, 6.45) is 0. The van der Waals surface area contributed by atoms with Gasteiger partial charge in [0.15, 0.2) is 0 Å². The highest BCUT2D eigenvalue weighted by Crippen LogP contribution is 2.25. The minimum absolute atomic E-state index is 0.0864. The van der Waals surface area contributed by atoms with Crippen LogP contribution in [-0.4, -0.2) is 15.5 Å². The smallest absolute Gasteiger partial charge is 0.264 e. The van der Waals surface area contributed by atoms with Crippen LogP contribution in [0, 0.1) is 5.82 Å². The Morgan fingerprint density at radius 3 is 2.55 bits per heavy atom. The van der Waals surface area contributed by atoms with Crippen LogP contribution in [-0.2, 0) is 10.0 Å². The third kappa shape index (κ3) is 2.83. The van der Waals surface area contributed by atoms with Crippen LogP contribution >= 0.6 is 0 Å². The van der Waals surface area contributed by atoms with E-state index < -0.39 is 15.8 Å². The lowest BCUT2D eigenvalue weighted by Crippen LogP contribution is -2.15. The summed E-state index contributed by atoms with van der Waals surface area (Å²) < 4.78 is 45.1. The van der Waals surface area contributed by atoms with Crippen molar-refractivity contribution in [2.45, 2.75) is 4.90 Å². The number of nitrogen functional groups attached to an aromatic ring is 1. The van der Waals surface area contributed by atoms with Crippen LogP contribution in [0.25, 0.3) is 0 Å². The number of benzene rings is 2. The van der Waals surface area contributed by atoms with Crippen molar-refractivity contribution in [1.82, 2.24) is 0 Å². The highest BCUT2D eigenvalue weighted by Gasteiger charge is 2.19. The maximum Gasteiger partial charge on any atom is 0.264 e. The second-order valence-electron chi connectivity index (χ2n) is 3.99.